The van der Waals surface area contributed by atoms with Gasteiger partial charge in [-0.25, -0.2) is 4.39 Å². The quantitative estimate of drug-likeness (QED) is 0.620. The molecule has 0 bridgehead atoms. The number of ether oxygens (including phenoxy) is 1. The molecular weight excluding hydrogens is 269 g/mol. The molecular formula is C17H16FNO2. The summed E-state index contributed by atoms with van der Waals surface area (Å²) in [5.74, 6) is 0.550. The first-order chi connectivity index (χ1) is 10.3. The fourth-order valence-electron chi connectivity index (χ4n) is 1.72. The minimum atomic E-state index is -0.510. The zero-order valence-electron chi connectivity index (χ0n) is 11.5. The Kier molecular flexibility index (Phi) is 5.52. The SMILES string of the molecule is O=C(/C=C/Nc1ccc(OCCF)cc1)c1ccccc1. The number of hydrogen-bond acceptors (Lipinski definition) is 3. The zero-order chi connectivity index (χ0) is 14.9. The van der Waals surface area contributed by atoms with Crippen LogP contribution in [0.3, 0.4) is 0 Å². The molecule has 2 aromatic rings. The summed E-state index contributed by atoms with van der Waals surface area (Å²) >= 11 is 0. The number of rotatable bonds is 7. The van der Waals surface area contributed by atoms with E-state index >= 15 is 0 Å². The molecule has 0 heterocycles. The van der Waals surface area contributed by atoms with Gasteiger partial charge in [0.15, 0.2) is 5.78 Å². The molecule has 3 nitrogen and oxygen atoms in total. The van der Waals surface area contributed by atoms with Gasteiger partial charge in [-0.3, -0.25) is 4.79 Å². The molecule has 108 valence electrons. The van der Waals surface area contributed by atoms with Crippen LogP contribution in [-0.2, 0) is 0 Å². The number of anilines is 1. The molecule has 21 heavy (non-hydrogen) atoms. The summed E-state index contributed by atoms with van der Waals surface area (Å²) in [6, 6.07) is 16.1. The number of nitrogens with one attached hydrogen (secondary N) is 1. The lowest BCUT2D eigenvalue weighted by Crippen LogP contribution is -1.98. The average molecular weight is 285 g/mol. The number of hydrogen-bond donors (Lipinski definition) is 1. The van der Waals surface area contributed by atoms with Crippen LogP contribution in [0, 0.1) is 0 Å². The van der Waals surface area contributed by atoms with Crippen LogP contribution < -0.4 is 10.1 Å². The fraction of sp³-hybridized carbons (Fsp3) is 0.118. The molecule has 2 aromatic carbocycles. The van der Waals surface area contributed by atoms with E-state index in [2.05, 4.69) is 5.32 Å². The van der Waals surface area contributed by atoms with Gasteiger partial charge in [0.2, 0.25) is 0 Å². The molecule has 0 radical (unpaired) electrons. The Morgan fingerprint density at radius 1 is 1.10 bits per heavy atom. The Morgan fingerprint density at radius 2 is 1.81 bits per heavy atom. The van der Waals surface area contributed by atoms with Gasteiger partial charge in [0.25, 0.3) is 0 Å². The van der Waals surface area contributed by atoms with E-state index < -0.39 is 6.67 Å². The molecule has 0 saturated heterocycles. The highest BCUT2D eigenvalue weighted by Crippen LogP contribution is 2.15. The minimum Gasteiger partial charge on any atom is -0.491 e. The van der Waals surface area contributed by atoms with Crippen molar-refractivity contribution in [3.05, 3.63) is 72.4 Å². The Morgan fingerprint density at radius 3 is 2.48 bits per heavy atom. The summed E-state index contributed by atoms with van der Waals surface area (Å²) in [6.07, 6.45) is 3.07. The predicted molar refractivity (Wildman–Crippen MR) is 81.4 cm³/mol. The Bertz CT molecular complexity index is 594. The van der Waals surface area contributed by atoms with Gasteiger partial charge in [0.05, 0.1) is 0 Å². The Hall–Kier alpha value is -2.62. The first kappa shape index (κ1) is 14.8. The standard InChI is InChI=1S/C17H16FNO2/c18-11-13-21-16-8-6-15(7-9-16)19-12-10-17(20)14-4-2-1-3-5-14/h1-10,12,19H,11,13H2/b12-10+. The van der Waals surface area contributed by atoms with Gasteiger partial charge < -0.3 is 10.1 Å². The summed E-state index contributed by atoms with van der Waals surface area (Å²) in [6.45, 7) is -0.456. The van der Waals surface area contributed by atoms with E-state index in [-0.39, 0.29) is 12.4 Å². The van der Waals surface area contributed by atoms with Crippen LogP contribution in [0.15, 0.2) is 66.9 Å². The maximum atomic E-state index is 12.0. The molecule has 4 heteroatoms. The summed E-state index contributed by atoms with van der Waals surface area (Å²) in [7, 11) is 0. The summed E-state index contributed by atoms with van der Waals surface area (Å²) in [5.41, 5.74) is 1.46. The first-order valence-corrected chi connectivity index (χ1v) is 6.61. The predicted octanol–water partition coefficient (Wildman–Crippen LogP) is 3.84. The van der Waals surface area contributed by atoms with Gasteiger partial charge in [-0.05, 0) is 24.3 Å². The number of carbonyl (C=O) groups excluding carboxylic acids is 1. The van der Waals surface area contributed by atoms with Crippen molar-refractivity contribution in [3.63, 3.8) is 0 Å². The van der Waals surface area contributed by atoms with Crippen LogP contribution in [0.4, 0.5) is 10.1 Å². The van der Waals surface area contributed by atoms with E-state index in [9.17, 15) is 9.18 Å². The summed E-state index contributed by atoms with van der Waals surface area (Å²) < 4.78 is 17.1. The highest BCUT2D eigenvalue weighted by atomic mass is 19.1. The van der Waals surface area contributed by atoms with Crippen molar-refractivity contribution in [2.45, 2.75) is 0 Å². The molecule has 0 spiro atoms. The molecule has 2 rings (SSSR count). The third-order valence-electron chi connectivity index (χ3n) is 2.74. The minimum absolute atomic E-state index is 0.0538. The van der Waals surface area contributed by atoms with E-state index in [1.165, 1.54) is 6.08 Å². The third kappa shape index (κ3) is 4.76. The van der Waals surface area contributed by atoms with Gasteiger partial charge in [0, 0.05) is 23.5 Å². The van der Waals surface area contributed by atoms with Crippen molar-refractivity contribution in [2.24, 2.45) is 0 Å². The van der Waals surface area contributed by atoms with E-state index in [4.69, 9.17) is 4.74 Å². The largest absolute Gasteiger partial charge is 0.491 e. The lowest BCUT2D eigenvalue weighted by molar-refractivity contribution is 0.104. The zero-order valence-corrected chi connectivity index (χ0v) is 11.5. The lowest BCUT2D eigenvalue weighted by atomic mass is 10.1. The molecule has 0 aliphatic carbocycles. The second-order valence-electron chi connectivity index (χ2n) is 4.27. The Balaban J connectivity index is 1.88. The van der Waals surface area contributed by atoms with Crippen molar-refractivity contribution in [2.75, 3.05) is 18.6 Å². The number of halogens is 1. The monoisotopic (exact) mass is 285 g/mol. The van der Waals surface area contributed by atoms with E-state index in [1.54, 1.807) is 42.6 Å². The fourth-order valence-corrected chi connectivity index (χ4v) is 1.72. The van der Waals surface area contributed by atoms with Crippen LogP contribution >= 0.6 is 0 Å². The van der Waals surface area contributed by atoms with Gasteiger partial charge in [-0.1, -0.05) is 30.3 Å². The maximum Gasteiger partial charge on any atom is 0.187 e. The molecule has 0 aliphatic heterocycles. The molecule has 0 aliphatic rings. The van der Waals surface area contributed by atoms with Gasteiger partial charge in [-0.2, -0.15) is 0 Å². The van der Waals surface area contributed by atoms with Crippen molar-refractivity contribution in [1.29, 1.82) is 0 Å². The highest BCUT2D eigenvalue weighted by Gasteiger charge is 1.99. The number of alkyl halides is 1. The number of carbonyl (C=O) groups is 1. The average Bonchev–Trinajstić information content (AvgIpc) is 2.55. The smallest absolute Gasteiger partial charge is 0.187 e. The van der Waals surface area contributed by atoms with Gasteiger partial charge >= 0.3 is 0 Å². The number of ketones is 1. The number of benzene rings is 2. The second-order valence-corrected chi connectivity index (χ2v) is 4.27. The van der Waals surface area contributed by atoms with Crippen molar-refractivity contribution in [1.82, 2.24) is 0 Å². The van der Waals surface area contributed by atoms with Gasteiger partial charge in [0.1, 0.15) is 19.0 Å². The summed E-state index contributed by atoms with van der Waals surface area (Å²) in [5, 5.41) is 3.00. The molecule has 0 aromatic heterocycles. The van der Waals surface area contributed by atoms with E-state index in [0.717, 1.165) is 5.69 Å². The number of allylic oxidation sites excluding steroid dienone is 1. The van der Waals surface area contributed by atoms with Crippen LogP contribution in [-0.4, -0.2) is 19.1 Å². The topological polar surface area (TPSA) is 38.3 Å². The maximum absolute atomic E-state index is 12.0. The van der Waals surface area contributed by atoms with Crippen LogP contribution in [0.25, 0.3) is 0 Å². The molecule has 0 fully saturated rings. The normalized spacial score (nSPS) is 10.5. The molecule has 0 saturated carbocycles. The second kappa shape index (κ2) is 7.85. The van der Waals surface area contributed by atoms with Gasteiger partial charge in [-0.15, -0.1) is 0 Å². The van der Waals surface area contributed by atoms with Crippen molar-refractivity contribution < 1.29 is 13.9 Å². The Labute approximate surface area is 123 Å². The van der Waals surface area contributed by atoms with Crippen molar-refractivity contribution in [3.8, 4) is 5.75 Å². The third-order valence-corrected chi connectivity index (χ3v) is 2.74. The van der Waals surface area contributed by atoms with Crippen LogP contribution in [0.5, 0.6) is 5.75 Å². The molecule has 0 amide bonds. The first-order valence-electron chi connectivity index (χ1n) is 6.61. The molecule has 0 atom stereocenters. The highest BCUT2D eigenvalue weighted by molar-refractivity contribution is 6.04. The molecule has 0 unspecified atom stereocenters. The van der Waals surface area contributed by atoms with Crippen LogP contribution in [0.2, 0.25) is 0 Å². The molecule has 1 N–H and O–H groups in total. The lowest BCUT2D eigenvalue weighted by Gasteiger charge is -2.05. The van der Waals surface area contributed by atoms with E-state index in [0.29, 0.717) is 11.3 Å². The van der Waals surface area contributed by atoms with Crippen molar-refractivity contribution >= 4 is 11.5 Å². The van der Waals surface area contributed by atoms with Crippen LogP contribution in [0.1, 0.15) is 10.4 Å². The van der Waals surface area contributed by atoms with E-state index in [1.807, 2.05) is 18.2 Å². The summed E-state index contributed by atoms with van der Waals surface area (Å²) in [4.78, 5) is 11.8.